The number of primary amides is 1. The number of nitrogens with one attached hydrogen (secondary N) is 2. The van der Waals surface area contributed by atoms with Gasteiger partial charge in [-0.15, -0.1) is 0 Å². The van der Waals surface area contributed by atoms with Crippen LogP contribution in [-0.4, -0.2) is 36.3 Å². The van der Waals surface area contributed by atoms with Gasteiger partial charge in [-0.1, -0.05) is 0 Å². The van der Waals surface area contributed by atoms with Gasteiger partial charge in [-0.2, -0.15) is 0 Å². The van der Waals surface area contributed by atoms with Crippen LogP contribution < -0.4 is 16.4 Å². The summed E-state index contributed by atoms with van der Waals surface area (Å²) in [5, 5.41) is 6.21. The average molecular weight is 233 g/mol. The number of thiocarbonyl (C=S) groups is 1. The molecule has 0 aliphatic carbocycles. The van der Waals surface area contributed by atoms with Gasteiger partial charge in [0.1, 0.15) is 5.54 Å². The van der Waals surface area contributed by atoms with Gasteiger partial charge in [0.2, 0.25) is 5.91 Å². The zero-order valence-corrected chi connectivity index (χ0v) is 10.4. The van der Waals surface area contributed by atoms with Gasteiger partial charge in [0.15, 0.2) is 5.11 Å². The van der Waals surface area contributed by atoms with Crippen molar-refractivity contribution in [1.29, 1.82) is 0 Å². The van der Waals surface area contributed by atoms with Gasteiger partial charge >= 0.3 is 0 Å². The number of rotatable bonds is 5. The Hall–Kier alpha value is -0.880. The first kappa shape index (κ1) is 14.1. The number of nitrogens with two attached hydrogens (primary N) is 1. The van der Waals surface area contributed by atoms with Crippen molar-refractivity contribution in [1.82, 2.24) is 10.6 Å². The van der Waals surface area contributed by atoms with E-state index in [1.165, 1.54) is 0 Å². The first-order valence-corrected chi connectivity index (χ1v) is 5.08. The monoisotopic (exact) mass is 233 g/mol. The highest BCUT2D eigenvalue weighted by Crippen LogP contribution is 1.99. The molecule has 1 unspecified atom stereocenters. The molecule has 0 aliphatic heterocycles. The van der Waals surface area contributed by atoms with Gasteiger partial charge in [-0.05, 0) is 33.0 Å². The molecule has 0 heterocycles. The second kappa shape index (κ2) is 5.87. The fourth-order valence-corrected chi connectivity index (χ4v) is 1.35. The average Bonchev–Trinajstić information content (AvgIpc) is 2.02. The van der Waals surface area contributed by atoms with Gasteiger partial charge < -0.3 is 21.1 Å². The summed E-state index contributed by atoms with van der Waals surface area (Å²) >= 11 is 5.03. The van der Waals surface area contributed by atoms with Gasteiger partial charge in [0.05, 0.1) is 6.61 Å². The van der Waals surface area contributed by atoms with E-state index < -0.39 is 11.4 Å². The predicted octanol–water partition coefficient (Wildman–Crippen LogP) is -0.251. The minimum Gasteiger partial charge on any atom is -0.383 e. The summed E-state index contributed by atoms with van der Waals surface area (Å²) in [6.07, 6.45) is 0. The molecule has 1 amide bonds. The summed E-state index contributed by atoms with van der Waals surface area (Å²) in [5.41, 5.74) is 4.34. The highest BCUT2D eigenvalue weighted by molar-refractivity contribution is 7.80. The van der Waals surface area contributed by atoms with Crippen LogP contribution in [0.2, 0.25) is 0 Å². The van der Waals surface area contributed by atoms with Crippen LogP contribution in [0.3, 0.4) is 0 Å². The van der Waals surface area contributed by atoms with Crippen molar-refractivity contribution < 1.29 is 9.53 Å². The Morgan fingerprint density at radius 3 is 2.53 bits per heavy atom. The molecule has 1 atom stereocenters. The summed E-state index contributed by atoms with van der Waals surface area (Å²) in [6, 6.07) is 0.0821. The topological polar surface area (TPSA) is 76.4 Å². The number of hydrogen-bond acceptors (Lipinski definition) is 3. The third-order valence-electron chi connectivity index (χ3n) is 1.84. The van der Waals surface area contributed by atoms with E-state index in [2.05, 4.69) is 10.6 Å². The second-order valence-electron chi connectivity index (χ2n) is 3.94. The molecule has 0 fully saturated rings. The molecule has 6 heteroatoms. The van der Waals surface area contributed by atoms with Crippen LogP contribution in [0.15, 0.2) is 0 Å². The minimum absolute atomic E-state index is 0.0821. The van der Waals surface area contributed by atoms with Crippen LogP contribution in [0.25, 0.3) is 0 Å². The van der Waals surface area contributed by atoms with Crippen LogP contribution in [-0.2, 0) is 9.53 Å². The molecule has 0 saturated heterocycles. The lowest BCUT2D eigenvalue weighted by atomic mass is 10.1. The molecule has 4 N–H and O–H groups in total. The predicted molar refractivity (Wildman–Crippen MR) is 63.5 cm³/mol. The fourth-order valence-electron chi connectivity index (χ4n) is 0.897. The lowest BCUT2D eigenvalue weighted by Gasteiger charge is -2.26. The first-order valence-electron chi connectivity index (χ1n) is 4.67. The molecular weight excluding hydrogens is 214 g/mol. The summed E-state index contributed by atoms with van der Waals surface area (Å²) in [7, 11) is 1.61. The molecule has 5 nitrogen and oxygen atoms in total. The standard InChI is InChI=1S/C9H19N3O2S/c1-6(5-14-4)11-8(15)12-9(2,3)7(10)13/h6H,5H2,1-4H3,(H2,10,13)(H2,11,12,15). The lowest BCUT2D eigenvalue weighted by Crippen LogP contribution is -2.57. The highest BCUT2D eigenvalue weighted by Gasteiger charge is 2.25. The number of ether oxygens (including phenoxy) is 1. The van der Waals surface area contributed by atoms with Crippen LogP contribution >= 0.6 is 12.2 Å². The smallest absolute Gasteiger partial charge is 0.242 e. The Morgan fingerprint density at radius 2 is 2.13 bits per heavy atom. The Kier molecular flexibility index (Phi) is 5.53. The SMILES string of the molecule is COCC(C)NC(=S)NC(C)(C)C(N)=O. The van der Waals surface area contributed by atoms with Crippen LogP contribution in [0.4, 0.5) is 0 Å². The van der Waals surface area contributed by atoms with Gasteiger partial charge in [0, 0.05) is 13.2 Å². The van der Waals surface area contributed by atoms with Crippen molar-refractivity contribution in [3.8, 4) is 0 Å². The molecule has 15 heavy (non-hydrogen) atoms. The van der Waals surface area contributed by atoms with E-state index in [9.17, 15) is 4.79 Å². The molecule has 0 spiro atoms. The molecule has 0 radical (unpaired) electrons. The zero-order valence-electron chi connectivity index (χ0n) is 9.59. The Balaban J connectivity index is 4.09. The van der Waals surface area contributed by atoms with Crippen molar-refractivity contribution in [3.63, 3.8) is 0 Å². The van der Waals surface area contributed by atoms with Crippen molar-refractivity contribution in [2.75, 3.05) is 13.7 Å². The quantitative estimate of drug-likeness (QED) is 0.571. The largest absolute Gasteiger partial charge is 0.383 e. The van der Waals surface area contributed by atoms with Crippen molar-refractivity contribution >= 4 is 23.2 Å². The molecule has 0 saturated carbocycles. The van der Waals surface area contributed by atoms with Crippen LogP contribution in [0.5, 0.6) is 0 Å². The molecular formula is C9H19N3O2S. The fraction of sp³-hybridized carbons (Fsp3) is 0.778. The number of carbonyl (C=O) groups excluding carboxylic acids is 1. The molecule has 0 aromatic heterocycles. The maximum Gasteiger partial charge on any atom is 0.242 e. The number of hydrogen-bond donors (Lipinski definition) is 3. The molecule has 88 valence electrons. The number of carbonyl (C=O) groups is 1. The summed E-state index contributed by atoms with van der Waals surface area (Å²) < 4.78 is 4.94. The molecule has 0 aromatic carbocycles. The minimum atomic E-state index is -0.850. The Morgan fingerprint density at radius 1 is 1.60 bits per heavy atom. The molecule has 0 aliphatic rings. The van der Waals surface area contributed by atoms with E-state index in [0.29, 0.717) is 11.7 Å². The van der Waals surface area contributed by atoms with Gasteiger partial charge in [-0.3, -0.25) is 4.79 Å². The number of amides is 1. The van der Waals surface area contributed by atoms with Gasteiger partial charge in [-0.25, -0.2) is 0 Å². The molecule has 0 bridgehead atoms. The summed E-state index contributed by atoms with van der Waals surface area (Å²) in [4.78, 5) is 11.0. The van der Waals surface area contributed by atoms with E-state index in [1.807, 2.05) is 6.92 Å². The van der Waals surface area contributed by atoms with Crippen molar-refractivity contribution in [2.45, 2.75) is 32.4 Å². The molecule has 0 rings (SSSR count). The van der Waals surface area contributed by atoms with E-state index >= 15 is 0 Å². The maximum absolute atomic E-state index is 11.0. The van der Waals surface area contributed by atoms with E-state index in [-0.39, 0.29) is 6.04 Å². The van der Waals surface area contributed by atoms with E-state index in [4.69, 9.17) is 22.7 Å². The highest BCUT2D eigenvalue weighted by atomic mass is 32.1. The summed E-state index contributed by atoms with van der Waals surface area (Å²) in [5.74, 6) is -0.453. The zero-order chi connectivity index (χ0) is 12.1. The molecule has 0 aromatic rings. The lowest BCUT2D eigenvalue weighted by molar-refractivity contribution is -0.122. The third kappa shape index (κ3) is 5.54. The Bertz CT molecular complexity index is 244. The van der Waals surface area contributed by atoms with Crippen molar-refractivity contribution in [2.24, 2.45) is 5.73 Å². The van der Waals surface area contributed by atoms with Crippen LogP contribution in [0.1, 0.15) is 20.8 Å². The summed E-state index contributed by atoms with van der Waals surface area (Å²) in [6.45, 7) is 5.81. The normalized spacial score (nSPS) is 13.1. The third-order valence-corrected chi connectivity index (χ3v) is 2.06. The van der Waals surface area contributed by atoms with E-state index in [1.54, 1.807) is 21.0 Å². The van der Waals surface area contributed by atoms with Crippen molar-refractivity contribution in [3.05, 3.63) is 0 Å². The van der Waals surface area contributed by atoms with Crippen LogP contribution in [0, 0.1) is 0 Å². The van der Waals surface area contributed by atoms with E-state index in [0.717, 1.165) is 0 Å². The Labute approximate surface area is 95.7 Å². The maximum atomic E-state index is 11.0. The van der Waals surface area contributed by atoms with Gasteiger partial charge in [0.25, 0.3) is 0 Å². The number of methoxy groups -OCH3 is 1. The second-order valence-corrected chi connectivity index (χ2v) is 4.35. The first-order chi connectivity index (χ1) is 6.79.